The number of ketones is 1. The monoisotopic (exact) mass is 330 g/mol. The molecule has 0 unspecified atom stereocenters. The molecular weight excluding hydrogens is 322 g/mol. The molecule has 0 aliphatic heterocycles. The van der Waals surface area contributed by atoms with Gasteiger partial charge in [0, 0.05) is 5.56 Å². The number of benzene rings is 2. The molecule has 2 rings (SSSR count). The lowest BCUT2D eigenvalue weighted by molar-refractivity contribution is 0.102. The minimum atomic E-state index is -3.96. The van der Waals surface area contributed by atoms with E-state index in [2.05, 4.69) is 0 Å². The van der Waals surface area contributed by atoms with Gasteiger partial charge in [0.25, 0.3) is 0 Å². The normalized spacial score (nSPS) is 11.4. The molecule has 0 aliphatic rings. The van der Waals surface area contributed by atoms with Crippen LogP contribution >= 0.6 is 11.6 Å². The SMILES string of the molecule is O=C(CS(=O)(=O)c1ccccc1Cl)c1ccc(F)c(F)c1. The third-order valence-electron chi connectivity index (χ3n) is 2.73. The number of carbonyl (C=O) groups excluding carboxylic acids is 1. The molecule has 0 spiro atoms. The van der Waals surface area contributed by atoms with Crippen molar-refractivity contribution in [2.45, 2.75) is 4.90 Å². The molecule has 3 nitrogen and oxygen atoms in total. The first-order valence-corrected chi connectivity index (χ1v) is 7.80. The zero-order chi connectivity index (χ0) is 15.6. The highest BCUT2D eigenvalue weighted by molar-refractivity contribution is 7.92. The van der Waals surface area contributed by atoms with Crippen molar-refractivity contribution in [3.05, 3.63) is 64.7 Å². The van der Waals surface area contributed by atoms with Crippen molar-refractivity contribution in [3.63, 3.8) is 0 Å². The maximum atomic E-state index is 13.1. The third kappa shape index (κ3) is 3.46. The van der Waals surface area contributed by atoms with Crippen molar-refractivity contribution < 1.29 is 22.0 Å². The van der Waals surface area contributed by atoms with Crippen LogP contribution in [-0.2, 0) is 9.84 Å². The van der Waals surface area contributed by atoms with Crippen molar-refractivity contribution >= 4 is 27.2 Å². The van der Waals surface area contributed by atoms with Gasteiger partial charge in [-0.15, -0.1) is 0 Å². The lowest BCUT2D eigenvalue weighted by atomic mass is 10.1. The van der Waals surface area contributed by atoms with Crippen LogP contribution in [0, 0.1) is 11.6 Å². The lowest BCUT2D eigenvalue weighted by Gasteiger charge is -2.06. The van der Waals surface area contributed by atoms with E-state index >= 15 is 0 Å². The number of carbonyl (C=O) groups is 1. The predicted octanol–water partition coefficient (Wildman–Crippen LogP) is 3.27. The molecule has 0 aromatic heterocycles. The van der Waals surface area contributed by atoms with E-state index in [9.17, 15) is 22.0 Å². The molecule has 0 N–H and O–H groups in total. The zero-order valence-electron chi connectivity index (χ0n) is 10.5. The Kier molecular flexibility index (Phi) is 4.39. The largest absolute Gasteiger partial charge is 0.293 e. The first-order valence-electron chi connectivity index (χ1n) is 5.77. The van der Waals surface area contributed by atoms with Gasteiger partial charge in [-0.05, 0) is 30.3 Å². The molecule has 0 atom stereocenters. The summed E-state index contributed by atoms with van der Waals surface area (Å²) in [5.41, 5.74) is -0.218. The summed E-state index contributed by atoms with van der Waals surface area (Å²) in [7, 11) is -3.96. The highest BCUT2D eigenvalue weighted by Crippen LogP contribution is 2.22. The maximum Gasteiger partial charge on any atom is 0.187 e. The molecular formula is C14H9ClF2O3S. The summed E-state index contributed by atoms with van der Waals surface area (Å²) in [6, 6.07) is 8.15. The van der Waals surface area contributed by atoms with Crippen LogP contribution in [0.5, 0.6) is 0 Å². The second-order valence-corrected chi connectivity index (χ2v) is 6.61. The summed E-state index contributed by atoms with van der Waals surface area (Å²) in [5.74, 6) is -4.03. The summed E-state index contributed by atoms with van der Waals surface area (Å²) in [6.45, 7) is 0. The average molecular weight is 331 g/mol. The number of hydrogen-bond donors (Lipinski definition) is 0. The molecule has 0 fully saturated rings. The van der Waals surface area contributed by atoms with Gasteiger partial charge in [0.1, 0.15) is 5.75 Å². The van der Waals surface area contributed by atoms with Crippen LogP contribution in [0.2, 0.25) is 5.02 Å². The molecule has 0 radical (unpaired) electrons. The number of rotatable bonds is 4. The fourth-order valence-electron chi connectivity index (χ4n) is 1.70. The topological polar surface area (TPSA) is 51.2 Å². The van der Waals surface area contributed by atoms with Gasteiger partial charge in [-0.3, -0.25) is 4.79 Å². The van der Waals surface area contributed by atoms with Gasteiger partial charge in [-0.2, -0.15) is 0 Å². The van der Waals surface area contributed by atoms with E-state index in [1.165, 1.54) is 18.2 Å². The van der Waals surface area contributed by atoms with E-state index in [0.717, 1.165) is 12.1 Å². The van der Waals surface area contributed by atoms with Crippen molar-refractivity contribution in [1.82, 2.24) is 0 Å². The summed E-state index contributed by atoms with van der Waals surface area (Å²) >= 11 is 5.78. The second kappa shape index (κ2) is 5.91. The molecule has 21 heavy (non-hydrogen) atoms. The third-order valence-corrected chi connectivity index (χ3v) is 4.84. The first-order chi connectivity index (χ1) is 9.81. The van der Waals surface area contributed by atoms with E-state index in [1.54, 1.807) is 6.07 Å². The van der Waals surface area contributed by atoms with Crippen molar-refractivity contribution in [3.8, 4) is 0 Å². The van der Waals surface area contributed by atoms with Crippen LogP contribution in [0.4, 0.5) is 8.78 Å². The Labute approximate surface area is 125 Å². The molecule has 0 amide bonds. The predicted molar refractivity (Wildman–Crippen MR) is 74.2 cm³/mol. The molecule has 0 saturated carbocycles. The molecule has 0 bridgehead atoms. The van der Waals surface area contributed by atoms with Gasteiger partial charge in [-0.25, -0.2) is 17.2 Å². The lowest BCUT2D eigenvalue weighted by Crippen LogP contribution is -2.17. The highest BCUT2D eigenvalue weighted by Gasteiger charge is 2.23. The summed E-state index contributed by atoms with van der Waals surface area (Å²) in [5, 5.41) is -0.00409. The van der Waals surface area contributed by atoms with Crippen LogP contribution in [0.25, 0.3) is 0 Å². The fourth-order valence-corrected chi connectivity index (χ4v) is 3.51. The number of halogens is 3. The molecule has 2 aromatic rings. The van der Waals surface area contributed by atoms with Crippen LogP contribution in [0.3, 0.4) is 0 Å². The minimum absolute atomic E-state index is 0.00409. The number of sulfone groups is 1. The van der Waals surface area contributed by atoms with Crippen LogP contribution in [0.15, 0.2) is 47.4 Å². The van der Waals surface area contributed by atoms with Crippen molar-refractivity contribution in [1.29, 1.82) is 0 Å². The van der Waals surface area contributed by atoms with Crippen LogP contribution in [0.1, 0.15) is 10.4 Å². The fraction of sp³-hybridized carbons (Fsp3) is 0.0714. The molecule has 2 aromatic carbocycles. The highest BCUT2D eigenvalue weighted by atomic mass is 35.5. The maximum absolute atomic E-state index is 13.1. The van der Waals surface area contributed by atoms with Gasteiger partial charge in [0.2, 0.25) is 0 Å². The smallest absolute Gasteiger partial charge is 0.187 e. The molecule has 0 saturated heterocycles. The minimum Gasteiger partial charge on any atom is -0.293 e. The Hall–Kier alpha value is -1.79. The van der Waals surface area contributed by atoms with E-state index < -0.39 is 33.0 Å². The Bertz CT molecular complexity index is 804. The number of Topliss-reactive ketones (excluding diaryl/α,β-unsaturated/α-hetero) is 1. The quantitative estimate of drug-likeness (QED) is 0.808. The Balaban J connectivity index is 2.30. The molecule has 0 heterocycles. The Morgan fingerprint density at radius 2 is 1.71 bits per heavy atom. The summed E-state index contributed by atoms with van der Waals surface area (Å²) in [4.78, 5) is 11.7. The standard InChI is InChI=1S/C14H9ClF2O3S/c15-10-3-1-2-4-14(10)21(19,20)8-13(18)9-5-6-11(16)12(17)7-9/h1-7H,8H2. The summed E-state index contributed by atoms with van der Waals surface area (Å²) < 4.78 is 50.1. The van der Waals surface area contributed by atoms with E-state index in [4.69, 9.17) is 11.6 Å². The van der Waals surface area contributed by atoms with Crippen molar-refractivity contribution in [2.24, 2.45) is 0 Å². The Morgan fingerprint density at radius 3 is 2.33 bits per heavy atom. The van der Waals surface area contributed by atoms with E-state index in [1.807, 2.05) is 0 Å². The van der Waals surface area contributed by atoms with Gasteiger partial charge >= 0.3 is 0 Å². The van der Waals surface area contributed by atoms with Crippen LogP contribution < -0.4 is 0 Å². The van der Waals surface area contributed by atoms with E-state index in [-0.39, 0.29) is 15.5 Å². The van der Waals surface area contributed by atoms with Gasteiger partial charge in [0.05, 0.1) is 9.92 Å². The number of hydrogen-bond acceptors (Lipinski definition) is 3. The van der Waals surface area contributed by atoms with Gasteiger partial charge < -0.3 is 0 Å². The Morgan fingerprint density at radius 1 is 1.05 bits per heavy atom. The summed E-state index contributed by atoms with van der Waals surface area (Å²) in [6.07, 6.45) is 0. The average Bonchev–Trinajstić information content (AvgIpc) is 2.41. The van der Waals surface area contributed by atoms with Crippen molar-refractivity contribution in [2.75, 3.05) is 5.75 Å². The first kappa shape index (κ1) is 15.6. The molecule has 0 aliphatic carbocycles. The van der Waals surface area contributed by atoms with E-state index in [0.29, 0.717) is 6.07 Å². The van der Waals surface area contributed by atoms with Gasteiger partial charge in [-0.1, -0.05) is 23.7 Å². The molecule has 7 heteroatoms. The zero-order valence-corrected chi connectivity index (χ0v) is 12.1. The molecule has 110 valence electrons. The second-order valence-electron chi connectivity index (χ2n) is 4.24. The van der Waals surface area contributed by atoms with Crippen LogP contribution in [-0.4, -0.2) is 20.0 Å². The van der Waals surface area contributed by atoms with Gasteiger partial charge in [0.15, 0.2) is 27.3 Å².